The molecule has 2 N–H and O–H groups in total. The molecule has 2 aliphatic heterocycles. The number of nitrogens with zero attached hydrogens (tertiary/aromatic N) is 2. The van der Waals surface area contributed by atoms with E-state index in [0.29, 0.717) is 18.7 Å². The maximum atomic E-state index is 12.1. The van der Waals surface area contributed by atoms with Crippen LogP contribution in [0.15, 0.2) is 29.3 Å². The van der Waals surface area contributed by atoms with Crippen LogP contribution in [0, 0.1) is 0 Å². The van der Waals surface area contributed by atoms with Gasteiger partial charge in [0.1, 0.15) is 6.10 Å². The highest BCUT2D eigenvalue weighted by atomic mass is 127. The largest absolute Gasteiger partial charge is 0.375 e. The van der Waals surface area contributed by atoms with Gasteiger partial charge in [-0.15, -0.1) is 24.0 Å². The maximum absolute atomic E-state index is 12.1. The zero-order valence-corrected chi connectivity index (χ0v) is 20.4. The second-order valence-corrected chi connectivity index (χ2v) is 7.61. The van der Waals surface area contributed by atoms with Crippen molar-refractivity contribution in [2.75, 3.05) is 39.9 Å². The molecule has 2 aliphatic rings. The lowest BCUT2D eigenvalue weighted by atomic mass is 10.1. The molecular weight excluding hydrogens is 495 g/mol. The van der Waals surface area contributed by atoms with Gasteiger partial charge < -0.3 is 25.0 Å². The summed E-state index contributed by atoms with van der Waals surface area (Å²) in [6.07, 6.45) is 4.57. The standard InChI is InChI=1S/C22H34N4O3.HI/c1-3-4-11-24-21(27)18-9-7-17(8-10-18)15-25-22(23-2)26-12-14-29-20(16-26)19-6-5-13-28-19;/h7-10,19-20H,3-6,11-16H2,1-2H3,(H,23,25)(H,24,27);1H. The third-order valence-electron chi connectivity index (χ3n) is 5.47. The molecule has 30 heavy (non-hydrogen) atoms. The molecule has 168 valence electrons. The summed E-state index contributed by atoms with van der Waals surface area (Å²) in [6, 6.07) is 7.74. The van der Waals surface area contributed by atoms with Crippen molar-refractivity contribution in [1.29, 1.82) is 0 Å². The Labute approximate surface area is 197 Å². The number of unbranched alkanes of at least 4 members (excludes halogenated alkanes) is 1. The lowest BCUT2D eigenvalue weighted by molar-refractivity contribution is -0.0817. The summed E-state index contributed by atoms with van der Waals surface area (Å²) in [7, 11) is 1.81. The van der Waals surface area contributed by atoms with E-state index >= 15 is 0 Å². The lowest BCUT2D eigenvalue weighted by Gasteiger charge is -2.37. The van der Waals surface area contributed by atoms with Gasteiger partial charge >= 0.3 is 0 Å². The van der Waals surface area contributed by atoms with E-state index in [0.717, 1.165) is 63.4 Å². The predicted octanol–water partition coefficient (Wildman–Crippen LogP) is 2.79. The molecule has 0 aliphatic carbocycles. The van der Waals surface area contributed by atoms with E-state index in [2.05, 4.69) is 27.4 Å². The number of benzene rings is 1. The quantitative estimate of drug-likeness (QED) is 0.246. The Morgan fingerprint density at radius 3 is 2.60 bits per heavy atom. The smallest absolute Gasteiger partial charge is 0.251 e. The molecule has 2 saturated heterocycles. The summed E-state index contributed by atoms with van der Waals surface area (Å²) >= 11 is 0. The predicted molar refractivity (Wildman–Crippen MR) is 130 cm³/mol. The highest BCUT2D eigenvalue weighted by Crippen LogP contribution is 2.21. The SMILES string of the molecule is CCCCNC(=O)c1ccc(CNC(=NC)N2CCOC(C3CCCO3)C2)cc1.I. The van der Waals surface area contributed by atoms with Crippen molar-refractivity contribution >= 4 is 35.8 Å². The number of hydrogen-bond donors (Lipinski definition) is 2. The van der Waals surface area contributed by atoms with Crippen molar-refractivity contribution in [3.63, 3.8) is 0 Å². The number of morpholine rings is 1. The van der Waals surface area contributed by atoms with Gasteiger partial charge in [0.15, 0.2) is 5.96 Å². The van der Waals surface area contributed by atoms with Crippen molar-refractivity contribution in [1.82, 2.24) is 15.5 Å². The zero-order valence-electron chi connectivity index (χ0n) is 18.1. The van der Waals surface area contributed by atoms with Crippen molar-refractivity contribution in [2.45, 2.75) is 51.4 Å². The summed E-state index contributed by atoms with van der Waals surface area (Å²) < 4.78 is 11.7. The molecule has 1 aromatic carbocycles. The first-order valence-electron chi connectivity index (χ1n) is 10.8. The topological polar surface area (TPSA) is 75.2 Å². The number of carbonyl (C=O) groups is 1. The van der Waals surface area contributed by atoms with Gasteiger partial charge in [-0.3, -0.25) is 9.79 Å². The zero-order chi connectivity index (χ0) is 20.5. The van der Waals surface area contributed by atoms with Gasteiger partial charge in [0, 0.05) is 45.4 Å². The van der Waals surface area contributed by atoms with E-state index in [1.807, 2.05) is 31.3 Å². The van der Waals surface area contributed by atoms with E-state index < -0.39 is 0 Å². The number of halogens is 1. The minimum absolute atomic E-state index is 0. The minimum Gasteiger partial charge on any atom is -0.375 e. The number of hydrogen-bond acceptors (Lipinski definition) is 4. The fourth-order valence-electron chi connectivity index (χ4n) is 3.76. The number of carbonyl (C=O) groups excluding carboxylic acids is 1. The van der Waals surface area contributed by atoms with E-state index in [1.165, 1.54) is 0 Å². The molecule has 1 aromatic rings. The molecule has 1 amide bonds. The molecule has 8 heteroatoms. The molecule has 2 unspecified atom stereocenters. The normalized spacial score (nSPS) is 21.8. The van der Waals surface area contributed by atoms with Gasteiger partial charge in [-0.25, -0.2) is 0 Å². The Bertz CT molecular complexity index is 677. The summed E-state index contributed by atoms with van der Waals surface area (Å²) in [5, 5.41) is 6.38. The van der Waals surface area contributed by atoms with Crippen LogP contribution in [0.2, 0.25) is 0 Å². The third-order valence-corrected chi connectivity index (χ3v) is 5.47. The monoisotopic (exact) mass is 530 g/mol. The number of ether oxygens (including phenoxy) is 2. The second-order valence-electron chi connectivity index (χ2n) is 7.61. The van der Waals surface area contributed by atoms with Gasteiger partial charge in [0.2, 0.25) is 0 Å². The number of amides is 1. The van der Waals surface area contributed by atoms with Crippen LogP contribution in [0.25, 0.3) is 0 Å². The van der Waals surface area contributed by atoms with Crippen LogP contribution in [0.1, 0.15) is 48.5 Å². The number of rotatable bonds is 7. The molecule has 0 aromatic heterocycles. The maximum Gasteiger partial charge on any atom is 0.251 e. The van der Waals surface area contributed by atoms with Crippen molar-refractivity contribution in [3.8, 4) is 0 Å². The summed E-state index contributed by atoms with van der Waals surface area (Å²) in [5.74, 6) is 0.861. The van der Waals surface area contributed by atoms with Crippen molar-refractivity contribution in [2.24, 2.45) is 4.99 Å². The Hall–Kier alpha value is -1.39. The van der Waals surface area contributed by atoms with Gasteiger partial charge in [0.25, 0.3) is 5.91 Å². The van der Waals surface area contributed by atoms with Crippen LogP contribution >= 0.6 is 24.0 Å². The Morgan fingerprint density at radius 1 is 1.17 bits per heavy atom. The highest BCUT2D eigenvalue weighted by Gasteiger charge is 2.32. The van der Waals surface area contributed by atoms with E-state index in [4.69, 9.17) is 9.47 Å². The van der Waals surface area contributed by atoms with Gasteiger partial charge in [-0.2, -0.15) is 0 Å². The van der Waals surface area contributed by atoms with E-state index in [9.17, 15) is 4.79 Å². The first kappa shape index (κ1) is 24.9. The summed E-state index contributed by atoms with van der Waals surface area (Å²) in [5.41, 5.74) is 1.81. The van der Waals surface area contributed by atoms with Gasteiger partial charge in [0.05, 0.1) is 12.7 Å². The second kappa shape index (κ2) is 13.1. The molecular formula is C22H35IN4O3. The highest BCUT2D eigenvalue weighted by molar-refractivity contribution is 14.0. The van der Waals surface area contributed by atoms with Gasteiger partial charge in [-0.1, -0.05) is 25.5 Å². The van der Waals surface area contributed by atoms with Crippen LogP contribution in [-0.2, 0) is 16.0 Å². The van der Waals surface area contributed by atoms with Crippen LogP contribution in [0.3, 0.4) is 0 Å². The van der Waals surface area contributed by atoms with Crippen LogP contribution in [0.5, 0.6) is 0 Å². The lowest BCUT2D eigenvalue weighted by Crippen LogP contribution is -2.53. The van der Waals surface area contributed by atoms with Crippen LogP contribution < -0.4 is 10.6 Å². The summed E-state index contributed by atoms with van der Waals surface area (Å²) in [4.78, 5) is 18.8. The number of guanidine groups is 1. The molecule has 0 saturated carbocycles. The summed E-state index contributed by atoms with van der Waals surface area (Å²) in [6.45, 7) is 6.63. The average molecular weight is 530 g/mol. The molecule has 2 heterocycles. The Balaban J connectivity index is 0.00000320. The number of aliphatic imine (C=N–C) groups is 1. The molecule has 0 radical (unpaired) electrons. The Kier molecular flexibility index (Phi) is 10.9. The van der Waals surface area contributed by atoms with E-state index in [1.54, 1.807) is 0 Å². The molecule has 2 fully saturated rings. The first-order valence-corrected chi connectivity index (χ1v) is 10.8. The van der Waals surface area contributed by atoms with Gasteiger partial charge in [-0.05, 0) is 37.0 Å². The van der Waals surface area contributed by atoms with Crippen LogP contribution in [-0.4, -0.2) is 68.9 Å². The molecule has 2 atom stereocenters. The van der Waals surface area contributed by atoms with Crippen molar-refractivity contribution in [3.05, 3.63) is 35.4 Å². The fourth-order valence-corrected chi connectivity index (χ4v) is 3.76. The third kappa shape index (κ3) is 7.09. The molecule has 7 nitrogen and oxygen atoms in total. The molecule has 0 spiro atoms. The van der Waals surface area contributed by atoms with Crippen LogP contribution in [0.4, 0.5) is 0 Å². The number of nitrogens with one attached hydrogen (secondary N) is 2. The minimum atomic E-state index is -0.0118. The van der Waals surface area contributed by atoms with Crippen molar-refractivity contribution < 1.29 is 14.3 Å². The fraction of sp³-hybridized carbons (Fsp3) is 0.636. The molecule has 3 rings (SSSR count). The first-order chi connectivity index (χ1) is 14.2. The van der Waals surface area contributed by atoms with E-state index in [-0.39, 0.29) is 42.1 Å². The average Bonchev–Trinajstić information content (AvgIpc) is 3.30. The molecule has 0 bridgehead atoms. The Morgan fingerprint density at radius 2 is 1.93 bits per heavy atom.